The minimum Gasteiger partial charge on any atom is -0.206 e. The van der Waals surface area contributed by atoms with Gasteiger partial charge in [0.05, 0.1) is 5.56 Å². The Morgan fingerprint density at radius 3 is 2.08 bits per heavy atom. The maximum absolute atomic E-state index is 13.9. The Bertz CT molecular complexity index is 1000. The van der Waals surface area contributed by atoms with Gasteiger partial charge in [-0.3, -0.25) is 0 Å². The molecule has 0 spiro atoms. The van der Waals surface area contributed by atoms with Crippen molar-refractivity contribution < 1.29 is 17.6 Å². The first-order valence-electron chi connectivity index (χ1n) is 8.49. The Labute approximate surface area is 149 Å². The fourth-order valence-electron chi connectivity index (χ4n) is 3.59. The molecule has 1 aliphatic carbocycles. The van der Waals surface area contributed by atoms with Crippen LogP contribution >= 0.6 is 0 Å². The minimum atomic E-state index is -4.68. The average Bonchev–Trinajstić information content (AvgIpc) is 2.97. The number of rotatable bonds is 2. The zero-order valence-electron chi connectivity index (χ0n) is 14.1. The largest absolute Gasteiger partial charge is 0.419 e. The van der Waals surface area contributed by atoms with Crippen LogP contribution in [0.25, 0.3) is 22.3 Å². The number of hydrogen-bond acceptors (Lipinski definition) is 0. The predicted octanol–water partition coefficient (Wildman–Crippen LogP) is 6.65. The first-order chi connectivity index (χ1) is 12.4. The standard InChI is InChI=1S/C22H16F4/c1-2-13-3-6-18-16(9-13)11-17-10-14(4-7-19(17)18)15-5-8-20(21(23)12-15)22(24,25)26/h3-10,12H,2,11H2,1H3. The topological polar surface area (TPSA) is 0 Å². The third-order valence-corrected chi connectivity index (χ3v) is 4.96. The highest BCUT2D eigenvalue weighted by atomic mass is 19.4. The van der Waals surface area contributed by atoms with Crippen molar-refractivity contribution in [3.05, 3.63) is 82.7 Å². The van der Waals surface area contributed by atoms with Gasteiger partial charge >= 0.3 is 6.18 Å². The van der Waals surface area contributed by atoms with E-state index in [9.17, 15) is 17.6 Å². The molecule has 0 saturated heterocycles. The van der Waals surface area contributed by atoms with E-state index < -0.39 is 17.6 Å². The maximum Gasteiger partial charge on any atom is 0.419 e. The number of hydrogen-bond donors (Lipinski definition) is 0. The van der Waals surface area contributed by atoms with Gasteiger partial charge in [0.25, 0.3) is 0 Å². The fraction of sp³-hybridized carbons (Fsp3) is 0.182. The molecule has 0 unspecified atom stereocenters. The van der Waals surface area contributed by atoms with Gasteiger partial charge in [0.15, 0.2) is 0 Å². The molecular weight excluding hydrogens is 340 g/mol. The van der Waals surface area contributed by atoms with Crippen LogP contribution in [-0.4, -0.2) is 0 Å². The zero-order chi connectivity index (χ0) is 18.5. The molecule has 0 amide bonds. The van der Waals surface area contributed by atoms with E-state index in [1.165, 1.54) is 22.8 Å². The summed E-state index contributed by atoms with van der Waals surface area (Å²) >= 11 is 0. The van der Waals surface area contributed by atoms with Crippen LogP contribution < -0.4 is 0 Å². The Hall–Kier alpha value is -2.62. The second kappa shape index (κ2) is 5.97. The van der Waals surface area contributed by atoms with E-state index in [1.54, 1.807) is 0 Å². The lowest BCUT2D eigenvalue weighted by Crippen LogP contribution is -2.07. The highest BCUT2D eigenvalue weighted by Crippen LogP contribution is 2.40. The number of fused-ring (bicyclic) bond motifs is 3. The van der Waals surface area contributed by atoms with Crippen LogP contribution in [-0.2, 0) is 19.0 Å². The lowest BCUT2D eigenvalue weighted by molar-refractivity contribution is -0.139. The van der Waals surface area contributed by atoms with E-state index in [-0.39, 0.29) is 0 Å². The third-order valence-electron chi connectivity index (χ3n) is 4.96. The van der Waals surface area contributed by atoms with Crippen LogP contribution in [0.5, 0.6) is 0 Å². The third kappa shape index (κ3) is 2.79. The highest BCUT2D eigenvalue weighted by molar-refractivity contribution is 5.80. The molecule has 1 aliphatic rings. The van der Waals surface area contributed by atoms with Gasteiger partial charge in [-0.2, -0.15) is 13.2 Å². The Balaban J connectivity index is 1.72. The number of benzene rings is 3. The summed E-state index contributed by atoms with van der Waals surface area (Å²) in [5, 5.41) is 0. The molecule has 3 aromatic rings. The SMILES string of the molecule is CCc1ccc2c(c1)Cc1cc(-c3ccc(C(F)(F)F)c(F)c3)ccc1-2. The predicted molar refractivity (Wildman–Crippen MR) is 94.5 cm³/mol. The van der Waals surface area contributed by atoms with Crippen molar-refractivity contribution in [3.63, 3.8) is 0 Å². The van der Waals surface area contributed by atoms with Crippen LogP contribution in [0.4, 0.5) is 17.6 Å². The molecule has 0 aromatic heterocycles. The summed E-state index contributed by atoms with van der Waals surface area (Å²) in [6.07, 6.45) is -2.92. The summed E-state index contributed by atoms with van der Waals surface area (Å²) in [5.41, 5.74) is 5.93. The Morgan fingerprint density at radius 1 is 0.808 bits per heavy atom. The first-order valence-corrected chi connectivity index (χ1v) is 8.49. The molecule has 0 atom stereocenters. The van der Waals surface area contributed by atoms with Crippen LogP contribution in [0, 0.1) is 5.82 Å². The van der Waals surface area contributed by atoms with Crippen molar-refractivity contribution in [2.75, 3.05) is 0 Å². The van der Waals surface area contributed by atoms with Crippen molar-refractivity contribution in [1.82, 2.24) is 0 Å². The van der Waals surface area contributed by atoms with Crippen molar-refractivity contribution in [3.8, 4) is 22.3 Å². The van der Waals surface area contributed by atoms with Crippen LogP contribution in [0.15, 0.2) is 54.6 Å². The van der Waals surface area contributed by atoms with Crippen LogP contribution in [0.2, 0.25) is 0 Å². The highest BCUT2D eigenvalue weighted by Gasteiger charge is 2.34. The van der Waals surface area contributed by atoms with Crippen molar-refractivity contribution in [1.29, 1.82) is 0 Å². The average molecular weight is 356 g/mol. The van der Waals surface area contributed by atoms with Gasteiger partial charge in [-0.25, -0.2) is 4.39 Å². The van der Waals surface area contributed by atoms with Crippen LogP contribution in [0.1, 0.15) is 29.2 Å². The first kappa shape index (κ1) is 16.8. The summed E-state index contributed by atoms with van der Waals surface area (Å²) in [4.78, 5) is 0. The number of aryl methyl sites for hydroxylation is 1. The summed E-state index contributed by atoms with van der Waals surface area (Å²) in [5.74, 6) is -1.24. The molecule has 0 bridgehead atoms. The second-order valence-electron chi connectivity index (χ2n) is 6.59. The molecule has 0 N–H and O–H groups in total. The van der Waals surface area contributed by atoms with Gasteiger partial charge in [-0.05, 0) is 63.9 Å². The number of halogens is 4. The van der Waals surface area contributed by atoms with Crippen molar-refractivity contribution in [2.24, 2.45) is 0 Å². The van der Waals surface area contributed by atoms with Crippen LogP contribution in [0.3, 0.4) is 0 Å². The molecular formula is C22H16F4. The number of alkyl halides is 3. The van der Waals surface area contributed by atoms with Gasteiger partial charge in [-0.15, -0.1) is 0 Å². The normalized spacial score (nSPS) is 12.8. The molecule has 4 heteroatoms. The fourth-order valence-corrected chi connectivity index (χ4v) is 3.59. The van der Waals surface area contributed by atoms with E-state index in [0.29, 0.717) is 5.56 Å². The Morgan fingerprint density at radius 2 is 1.42 bits per heavy atom. The van der Waals surface area contributed by atoms with Gasteiger partial charge < -0.3 is 0 Å². The van der Waals surface area contributed by atoms with Gasteiger partial charge in [0.2, 0.25) is 0 Å². The van der Waals surface area contributed by atoms with Gasteiger partial charge in [0, 0.05) is 0 Å². The molecule has 0 aliphatic heterocycles. The second-order valence-corrected chi connectivity index (χ2v) is 6.59. The van der Waals surface area contributed by atoms with E-state index in [4.69, 9.17) is 0 Å². The maximum atomic E-state index is 13.9. The molecule has 0 fully saturated rings. The molecule has 26 heavy (non-hydrogen) atoms. The van der Waals surface area contributed by atoms with E-state index in [0.717, 1.165) is 41.7 Å². The quantitative estimate of drug-likeness (QED) is 0.353. The van der Waals surface area contributed by atoms with Crippen molar-refractivity contribution >= 4 is 0 Å². The lowest BCUT2D eigenvalue weighted by atomic mass is 9.98. The zero-order valence-corrected chi connectivity index (χ0v) is 14.1. The van der Waals surface area contributed by atoms with Gasteiger partial charge in [0.1, 0.15) is 5.82 Å². The summed E-state index contributed by atoms with van der Waals surface area (Å²) in [6, 6.07) is 15.3. The minimum absolute atomic E-state index is 0.448. The molecule has 3 aromatic carbocycles. The van der Waals surface area contributed by atoms with Gasteiger partial charge in [-0.1, -0.05) is 49.4 Å². The summed E-state index contributed by atoms with van der Waals surface area (Å²) in [7, 11) is 0. The molecule has 0 nitrogen and oxygen atoms in total. The Kier molecular flexibility index (Phi) is 3.87. The molecule has 132 valence electrons. The molecule has 0 saturated carbocycles. The summed E-state index contributed by atoms with van der Waals surface area (Å²) < 4.78 is 52.1. The molecule has 0 radical (unpaired) electrons. The van der Waals surface area contributed by atoms with E-state index >= 15 is 0 Å². The van der Waals surface area contributed by atoms with Crippen molar-refractivity contribution in [2.45, 2.75) is 25.9 Å². The molecule has 4 rings (SSSR count). The smallest absolute Gasteiger partial charge is 0.206 e. The van der Waals surface area contributed by atoms with E-state index in [1.807, 2.05) is 18.2 Å². The van der Waals surface area contributed by atoms with E-state index in [2.05, 4.69) is 25.1 Å². The monoisotopic (exact) mass is 356 g/mol. The molecule has 0 heterocycles. The summed E-state index contributed by atoms with van der Waals surface area (Å²) in [6.45, 7) is 2.11. The lowest BCUT2D eigenvalue weighted by Gasteiger charge is -2.10.